The molecule has 1 atom stereocenters. The number of nitrogens with one attached hydrogen (secondary N) is 1. The quantitative estimate of drug-likeness (QED) is 0.232. The first-order valence-corrected chi connectivity index (χ1v) is 14.3. The van der Waals surface area contributed by atoms with Crippen LogP contribution in [-0.2, 0) is 32.3 Å². The summed E-state index contributed by atoms with van der Waals surface area (Å²) in [7, 11) is -3.45. The van der Waals surface area contributed by atoms with Gasteiger partial charge in [-0.15, -0.1) is 23.8 Å². The van der Waals surface area contributed by atoms with Crippen molar-refractivity contribution in [3.63, 3.8) is 0 Å². The number of aliphatic carboxylic acids is 1. The van der Waals surface area contributed by atoms with Gasteiger partial charge in [0.25, 0.3) is 5.91 Å². The SMILES string of the molecule is O=[C-]c1ccc2ccoc2c1.[CH2-]Cc1c([CH2-])cc(Cl)c(C(=O)N[C@@H](Cc2cccc(S(C)(=O)=O)c2)C(=O)O)c1Cl.[Li+]. The molecular formula is C29H24Cl2LiNO7S-2. The molecule has 0 fully saturated rings. The minimum absolute atomic E-state index is 0. The fourth-order valence-electron chi connectivity index (χ4n) is 3.77. The predicted molar refractivity (Wildman–Crippen MR) is 153 cm³/mol. The molecule has 4 aromatic rings. The van der Waals surface area contributed by atoms with Gasteiger partial charge >= 0.3 is 24.8 Å². The van der Waals surface area contributed by atoms with Crippen LogP contribution in [0.2, 0.25) is 10.0 Å². The van der Waals surface area contributed by atoms with Crippen molar-refractivity contribution >= 4 is 62.2 Å². The number of carbonyl (C=O) groups excluding carboxylic acids is 2. The molecule has 4 rings (SSSR count). The zero-order chi connectivity index (χ0) is 29.6. The van der Waals surface area contributed by atoms with E-state index in [4.69, 9.17) is 27.6 Å². The third-order valence-corrected chi connectivity index (χ3v) is 7.66. The van der Waals surface area contributed by atoms with E-state index in [0.717, 1.165) is 17.2 Å². The van der Waals surface area contributed by atoms with E-state index >= 15 is 0 Å². The Kier molecular flexibility index (Phi) is 12.1. The predicted octanol–water partition coefficient (Wildman–Crippen LogP) is 2.28. The summed E-state index contributed by atoms with van der Waals surface area (Å²) in [4.78, 5) is 34.7. The molecule has 0 spiro atoms. The maximum atomic E-state index is 12.7. The molecule has 2 N–H and O–H groups in total. The Morgan fingerprint density at radius 1 is 1.12 bits per heavy atom. The van der Waals surface area contributed by atoms with Crippen LogP contribution >= 0.6 is 23.2 Å². The van der Waals surface area contributed by atoms with Gasteiger partial charge in [-0.25, -0.2) is 19.6 Å². The van der Waals surface area contributed by atoms with Gasteiger partial charge in [-0.05, 0) is 34.2 Å². The summed E-state index contributed by atoms with van der Waals surface area (Å²) in [6.45, 7) is 7.54. The van der Waals surface area contributed by atoms with Crippen molar-refractivity contribution in [2.45, 2.75) is 23.8 Å². The summed E-state index contributed by atoms with van der Waals surface area (Å²) in [5.74, 6) is -2.05. The van der Waals surface area contributed by atoms with Crippen molar-refractivity contribution in [3.05, 3.63) is 113 Å². The fourth-order valence-corrected chi connectivity index (χ4v) is 5.23. The number of halogens is 2. The third kappa shape index (κ3) is 8.65. The number of furan rings is 1. The number of benzene rings is 3. The second-order valence-corrected chi connectivity index (χ2v) is 11.5. The molecule has 1 heterocycles. The molecule has 0 aliphatic heterocycles. The minimum atomic E-state index is -3.45. The Hall–Kier alpha value is -3.19. The van der Waals surface area contributed by atoms with Crippen molar-refractivity contribution in [2.24, 2.45) is 0 Å². The van der Waals surface area contributed by atoms with Crippen molar-refractivity contribution in [1.82, 2.24) is 5.32 Å². The zero-order valence-corrected chi connectivity index (χ0v) is 24.6. The number of carboxylic acids is 1. The second-order valence-electron chi connectivity index (χ2n) is 8.70. The standard InChI is InChI=1S/C20H19Cl2NO5S.C9H5O2.Li/c1-4-14-11(2)8-15(21)17(18(14)22)19(24)23-16(20(25)26)10-12-6-5-7-13(9-12)29(3,27)28;10-6-7-1-2-8-3-4-11-9(8)5-7;/h5-9,16H,1-2,4,10H2,3H3,(H,23,24)(H,25,26);1-5H;/q-2;-1;+1/t16-;;/m0../s1. The van der Waals surface area contributed by atoms with E-state index < -0.39 is 27.8 Å². The van der Waals surface area contributed by atoms with E-state index in [1.165, 1.54) is 24.3 Å². The van der Waals surface area contributed by atoms with Crippen LogP contribution in [0.3, 0.4) is 0 Å². The van der Waals surface area contributed by atoms with Crippen LogP contribution in [0.5, 0.6) is 0 Å². The van der Waals surface area contributed by atoms with Gasteiger partial charge < -0.3 is 26.6 Å². The van der Waals surface area contributed by atoms with E-state index in [2.05, 4.69) is 19.2 Å². The van der Waals surface area contributed by atoms with Crippen LogP contribution in [0.4, 0.5) is 0 Å². The van der Waals surface area contributed by atoms with Gasteiger partial charge in [0.05, 0.1) is 28.6 Å². The van der Waals surface area contributed by atoms with Crippen LogP contribution in [0.1, 0.15) is 32.6 Å². The average Bonchev–Trinajstić information content (AvgIpc) is 3.36. The van der Waals surface area contributed by atoms with Crippen LogP contribution in [0.15, 0.2) is 70.2 Å². The summed E-state index contributed by atoms with van der Waals surface area (Å²) in [6.07, 6.45) is 4.59. The van der Waals surface area contributed by atoms with Gasteiger partial charge in [-0.2, -0.15) is 24.1 Å². The normalized spacial score (nSPS) is 11.5. The van der Waals surface area contributed by atoms with Crippen LogP contribution < -0.4 is 24.2 Å². The van der Waals surface area contributed by atoms with E-state index in [0.29, 0.717) is 22.3 Å². The molecule has 8 nitrogen and oxygen atoms in total. The molecule has 1 aromatic heterocycles. The average molecular weight is 608 g/mol. The van der Waals surface area contributed by atoms with Crippen molar-refractivity contribution in [1.29, 1.82) is 0 Å². The molecular weight excluding hydrogens is 584 g/mol. The number of sulfone groups is 1. The Morgan fingerprint density at radius 3 is 2.44 bits per heavy atom. The summed E-state index contributed by atoms with van der Waals surface area (Å²) >= 11 is 12.4. The van der Waals surface area contributed by atoms with Gasteiger partial charge in [-0.3, -0.25) is 4.79 Å². The molecule has 0 aliphatic rings. The van der Waals surface area contributed by atoms with Crippen molar-refractivity contribution < 1.29 is 51.2 Å². The maximum absolute atomic E-state index is 12.7. The van der Waals surface area contributed by atoms with Gasteiger partial charge in [0.15, 0.2) is 9.84 Å². The molecule has 3 aromatic carbocycles. The summed E-state index contributed by atoms with van der Waals surface area (Å²) < 4.78 is 28.5. The van der Waals surface area contributed by atoms with Crippen LogP contribution in [0, 0.1) is 13.8 Å². The Morgan fingerprint density at radius 2 is 1.83 bits per heavy atom. The van der Waals surface area contributed by atoms with Gasteiger partial charge in [0, 0.05) is 17.7 Å². The molecule has 0 radical (unpaired) electrons. The van der Waals surface area contributed by atoms with E-state index in [1.54, 1.807) is 30.7 Å². The molecule has 0 saturated carbocycles. The number of carboxylic acid groups (broad SMARTS) is 1. The number of fused-ring (bicyclic) bond motifs is 1. The molecule has 12 heteroatoms. The summed E-state index contributed by atoms with van der Waals surface area (Å²) in [5, 5.41) is 13.0. The molecule has 0 saturated heterocycles. The molecule has 1 amide bonds. The second kappa shape index (κ2) is 14.6. The first-order chi connectivity index (χ1) is 18.8. The first-order valence-electron chi connectivity index (χ1n) is 11.7. The summed E-state index contributed by atoms with van der Waals surface area (Å²) in [5.41, 5.74) is 2.69. The number of hydrogen-bond donors (Lipinski definition) is 2. The Labute approximate surface area is 260 Å². The Balaban J connectivity index is 0.000000406. The zero-order valence-electron chi connectivity index (χ0n) is 22.2. The largest absolute Gasteiger partial charge is 1.00 e. The molecule has 0 aliphatic carbocycles. The minimum Gasteiger partial charge on any atom is -0.480 e. The number of amides is 1. The van der Waals surface area contributed by atoms with Crippen LogP contribution in [0.25, 0.3) is 11.0 Å². The third-order valence-electron chi connectivity index (χ3n) is 5.83. The number of rotatable bonds is 8. The first kappa shape index (κ1) is 34.0. The smallest absolute Gasteiger partial charge is 0.480 e. The van der Waals surface area contributed by atoms with Gasteiger partial charge in [0.1, 0.15) is 6.04 Å². The molecule has 210 valence electrons. The van der Waals surface area contributed by atoms with E-state index in [9.17, 15) is 27.9 Å². The Bertz CT molecular complexity index is 1690. The van der Waals surface area contributed by atoms with Gasteiger partial charge in [-0.1, -0.05) is 35.3 Å². The summed E-state index contributed by atoms with van der Waals surface area (Å²) in [6, 6.07) is 13.1. The number of carbonyl (C=O) groups is 2. The van der Waals surface area contributed by atoms with Crippen LogP contribution in [-0.4, -0.2) is 44.0 Å². The van der Waals surface area contributed by atoms with Crippen molar-refractivity contribution in [2.75, 3.05) is 6.26 Å². The van der Waals surface area contributed by atoms with E-state index in [1.807, 2.05) is 12.1 Å². The van der Waals surface area contributed by atoms with Crippen molar-refractivity contribution in [3.8, 4) is 0 Å². The number of hydrogen-bond acceptors (Lipinski definition) is 6. The fraction of sp³-hybridized carbons (Fsp3) is 0.138. The molecule has 0 bridgehead atoms. The van der Waals surface area contributed by atoms with E-state index in [-0.39, 0.29) is 52.2 Å². The molecule has 41 heavy (non-hydrogen) atoms. The topological polar surface area (TPSA) is 131 Å². The monoisotopic (exact) mass is 607 g/mol. The maximum Gasteiger partial charge on any atom is 1.00 e. The van der Waals surface area contributed by atoms with Gasteiger partial charge in [0.2, 0.25) is 0 Å². The molecule has 0 unspecified atom stereocenters.